The van der Waals surface area contributed by atoms with Crippen LogP contribution in [0, 0.1) is 0 Å². The van der Waals surface area contributed by atoms with Crippen LogP contribution in [0.25, 0.3) is 0 Å². The fraction of sp³-hybridized carbons (Fsp3) is 0.500. The molecular weight excluding hydrogens is 254 g/mol. The molecule has 2 heterocycles. The zero-order valence-electron chi connectivity index (χ0n) is 8.63. The van der Waals surface area contributed by atoms with Crippen molar-refractivity contribution in [2.24, 2.45) is 0 Å². The predicted octanol–water partition coefficient (Wildman–Crippen LogP) is 3.11. The largest absolute Gasteiger partial charge is 0.299 e. The van der Waals surface area contributed by atoms with Gasteiger partial charge in [-0.25, -0.2) is 0 Å². The summed E-state index contributed by atoms with van der Waals surface area (Å²) in [6.07, 6.45) is 6.41. The summed E-state index contributed by atoms with van der Waals surface area (Å²) in [6.45, 7) is 1.22. The molecule has 0 bridgehead atoms. The molecule has 0 aliphatic carbocycles. The highest BCUT2D eigenvalue weighted by molar-refractivity contribution is 5.86. The van der Waals surface area contributed by atoms with Crippen LogP contribution in [0.2, 0.25) is 0 Å². The van der Waals surface area contributed by atoms with Crippen molar-refractivity contribution in [3.8, 4) is 0 Å². The molecule has 1 unspecified atom stereocenters. The van der Waals surface area contributed by atoms with E-state index < -0.39 is 0 Å². The third-order valence-electron chi connectivity index (χ3n) is 2.59. The Morgan fingerprint density at radius 3 is 2.53 bits per heavy atom. The summed E-state index contributed by atoms with van der Waals surface area (Å²) in [4.78, 5) is 6.54. The Kier molecular flexibility index (Phi) is 9.46. The molecule has 0 aromatic carbocycles. The summed E-state index contributed by atoms with van der Waals surface area (Å²) in [5.74, 6) is 0. The van der Waals surface area contributed by atoms with Gasteiger partial charge in [-0.3, -0.25) is 9.88 Å². The monoisotopic (exact) mass is 270 g/mol. The molecule has 1 aliphatic heterocycles. The van der Waals surface area contributed by atoms with E-state index in [0.717, 1.165) is 0 Å². The summed E-state index contributed by atoms with van der Waals surface area (Å²) in [5, 5.41) is 0. The van der Waals surface area contributed by atoms with Crippen molar-refractivity contribution >= 4 is 37.2 Å². The number of aromatic nitrogens is 1. The van der Waals surface area contributed by atoms with Crippen LogP contribution in [0.3, 0.4) is 0 Å². The number of rotatable bonds is 1. The second-order valence-corrected chi connectivity index (χ2v) is 3.42. The Morgan fingerprint density at radius 2 is 2.07 bits per heavy atom. The normalized spacial score (nSPS) is 19.7. The Morgan fingerprint density at radius 1 is 1.33 bits per heavy atom. The lowest BCUT2D eigenvalue weighted by Gasteiger charge is -2.18. The van der Waals surface area contributed by atoms with Gasteiger partial charge < -0.3 is 0 Å². The Balaban J connectivity index is 0. The van der Waals surface area contributed by atoms with Crippen molar-refractivity contribution in [1.82, 2.24) is 9.88 Å². The summed E-state index contributed by atoms with van der Waals surface area (Å²) in [5.41, 5.74) is 1.36. The van der Waals surface area contributed by atoms with Crippen molar-refractivity contribution in [2.75, 3.05) is 13.6 Å². The molecule has 2 rings (SSSR count). The minimum Gasteiger partial charge on any atom is -0.299 e. The molecule has 1 aromatic heterocycles. The number of halogens is 3. The molecule has 1 fully saturated rings. The van der Waals surface area contributed by atoms with Gasteiger partial charge in [-0.15, -0.1) is 37.2 Å². The number of likely N-dealkylation sites (tertiary alicyclic amines) is 1. The second-order valence-electron chi connectivity index (χ2n) is 3.42. The molecule has 0 amide bonds. The average Bonchev–Trinajstić information content (AvgIpc) is 2.53. The van der Waals surface area contributed by atoms with E-state index in [2.05, 4.69) is 23.0 Å². The summed E-state index contributed by atoms with van der Waals surface area (Å²) in [7, 11) is 2.19. The molecule has 5 heteroatoms. The quantitative estimate of drug-likeness (QED) is 0.780. The van der Waals surface area contributed by atoms with E-state index in [0.29, 0.717) is 6.04 Å². The van der Waals surface area contributed by atoms with E-state index in [9.17, 15) is 0 Å². The number of nitrogens with zero attached hydrogens (tertiary/aromatic N) is 2. The molecule has 0 N–H and O–H groups in total. The van der Waals surface area contributed by atoms with E-state index in [1.54, 1.807) is 0 Å². The molecule has 1 aromatic rings. The molecule has 2 nitrogen and oxygen atoms in total. The molecular formula is C10H17Cl3N2. The fourth-order valence-corrected chi connectivity index (χ4v) is 1.90. The van der Waals surface area contributed by atoms with Gasteiger partial charge in [-0.2, -0.15) is 0 Å². The van der Waals surface area contributed by atoms with Crippen molar-refractivity contribution in [3.05, 3.63) is 30.1 Å². The van der Waals surface area contributed by atoms with E-state index in [1.165, 1.54) is 24.9 Å². The minimum atomic E-state index is 0. The fourth-order valence-electron chi connectivity index (χ4n) is 1.90. The third kappa shape index (κ3) is 4.15. The van der Waals surface area contributed by atoms with E-state index in [1.807, 2.05) is 18.5 Å². The highest BCUT2D eigenvalue weighted by Crippen LogP contribution is 2.29. The minimum absolute atomic E-state index is 0. The second kappa shape index (κ2) is 8.17. The van der Waals surface area contributed by atoms with Crippen LogP contribution in [-0.2, 0) is 0 Å². The number of hydrogen-bond acceptors (Lipinski definition) is 2. The molecule has 1 aliphatic rings. The highest BCUT2D eigenvalue weighted by atomic mass is 35.5. The summed E-state index contributed by atoms with van der Waals surface area (Å²) < 4.78 is 0. The van der Waals surface area contributed by atoms with Gasteiger partial charge in [-0.05, 0) is 38.1 Å². The molecule has 1 saturated heterocycles. The maximum absolute atomic E-state index is 4.14. The predicted molar refractivity (Wildman–Crippen MR) is 70.6 cm³/mol. The lowest BCUT2D eigenvalue weighted by molar-refractivity contribution is 0.317. The summed E-state index contributed by atoms with van der Waals surface area (Å²) in [6, 6.07) is 4.79. The van der Waals surface area contributed by atoms with Gasteiger partial charge in [0.2, 0.25) is 0 Å². The van der Waals surface area contributed by atoms with Gasteiger partial charge in [-0.1, -0.05) is 6.07 Å². The number of pyridine rings is 1. The lowest BCUT2D eigenvalue weighted by Crippen LogP contribution is -2.17. The van der Waals surface area contributed by atoms with Gasteiger partial charge in [0.15, 0.2) is 0 Å². The van der Waals surface area contributed by atoms with Gasteiger partial charge in [0.1, 0.15) is 0 Å². The van der Waals surface area contributed by atoms with Gasteiger partial charge in [0.05, 0.1) is 0 Å². The molecule has 88 valence electrons. The van der Waals surface area contributed by atoms with E-state index in [-0.39, 0.29) is 37.2 Å². The maximum Gasteiger partial charge on any atom is 0.0360 e. The van der Waals surface area contributed by atoms with Gasteiger partial charge >= 0.3 is 0 Å². The van der Waals surface area contributed by atoms with E-state index in [4.69, 9.17) is 0 Å². The molecule has 1 atom stereocenters. The van der Waals surface area contributed by atoms with Crippen molar-refractivity contribution in [1.29, 1.82) is 0 Å². The first kappa shape index (κ1) is 17.4. The van der Waals surface area contributed by atoms with Crippen LogP contribution < -0.4 is 0 Å². The van der Waals surface area contributed by atoms with Crippen molar-refractivity contribution in [2.45, 2.75) is 18.9 Å². The summed E-state index contributed by atoms with van der Waals surface area (Å²) >= 11 is 0. The SMILES string of the molecule is CN1CCCC1c1cccnc1.Cl.Cl.Cl. The Labute approximate surface area is 110 Å². The first-order valence-electron chi connectivity index (χ1n) is 4.48. The molecule has 0 spiro atoms. The van der Waals surface area contributed by atoms with Crippen LogP contribution >= 0.6 is 37.2 Å². The van der Waals surface area contributed by atoms with Crippen LogP contribution in [0.1, 0.15) is 24.4 Å². The smallest absolute Gasteiger partial charge is 0.0360 e. The van der Waals surface area contributed by atoms with Gasteiger partial charge in [0.25, 0.3) is 0 Å². The van der Waals surface area contributed by atoms with E-state index >= 15 is 0 Å². The van der Waals surface area contributed by atoms with Crippen molar-refractivity contribution in [3.63, 3.8) is 0 Å². The highest BCUT2D eigenvalue weighted by Gasteiger charge is 2.21. The van der Waals surface area contributed by atoms with Crippen LogP contribution in [-0.4, -0.2) is 23.5 Å². The van der Waals surface area contributed by atoms with Crippen LogP contribution in [0.15, 0.2) is 24.5 Å². The molecule has 0 radical (unpaired) electrons. The first-order valence-corrected chi connectivity index (χ1v) is 4.48. The van der Waals surface area contributed by atoms with Crippen LogP contribution in [0.4, 0.5) is 0 Å². The topological polar surface area (TPSA) is 16.1 Å². The van der Waals surface area contributed by atoms with Crippen LogP contribution in [0.5, 0.6) is 0 Å². The maximum atomic E-state index is 4.14. The molecule has 0 saturated carbocycles. The zero-order valence-corrected chi connectivity index (χ0v) is 11.1. The Hall–Kier alpha value is -0.0200. The van der Waals surface area contributed by atoms with Crippen molar-refractivity contribution < 1.29 is 0 Å². The molecule has 15 heavy (non-hydrogen) atoms. The standard InChI is InChI=1S/C10H14N2.3ClH/c1-12-7-3-5-10(12)9-4-2-6-11-8-9;;;/h2,4,6,8,10H,3,5,7H2,1H3;3*1H. The lowest BCUT2D eigenvalue weighted by atomic mass is 10.1. The average molecular weight is 272 g/mol. The zero-order chi connectivity index (χ0) is 8.39. The third-order valence-corrected chi connectivity index (χ3v) is 2.59. The first-order chi connectivity index (χ1) is 5.88. The van der Waals surface area contributed by atoms with Gasteiger partial charge in [0, 0.05) is 18.4 Å². The number of hydrogen-bond donors (Lipinski definition) is 0. The Bertz CT molecular complexity index is 256.